The maximum absolute atomic E-state index is 13.2. The smallest absolute Gasteiger partial charge is 0.244 e. The summed E-state index contributed by atoms with van der Waals surface area (Å²) in [4.78, 5) is 28.3. The minimum Gasteiger partial charge on any atom is -0.379 e. The standard InChI is InChI=1S/C23H27N3O5S2/c1-16-4-3-5-18(12-16)24-22(27)14-26-20-13-19(33(29,30)25-8-10-31-11-9-25)6-7-21(20)32-15-17(2)23(26)28/h3-7,12-13,17H,8-11,14-15H2,1-2H3,(H,24,27)/t17-/m1/s1. The quantitative estimate of drug-likeness (QED) is 0.694. The van der Waals surface area contributed by atoms with E-state index in [0.717, 1.165) is 10.5 Å². The lowest BCUT2D eigenvalue weighted by Gasteiger charge is -2.27. The number of anilines is 2. The minimum absolute atomic E-state index is 0.107. The predicted molar refractivity (Wildman–Crippen MR) is 128 cm³/mol. The number of thioether (sulfide) groups is 1. The number of benzene rings is 2. The van der Waals surface area contributed by atoms with Crippen molar-refractivity contribution in [2.45, 2.75) is 23.6 Å². The molecule has 0 saturated carbocycles. The molecule has 2 aliphatic rings. The van der Waals surface area contributed by atoms with E-state index in [-0.39, 0.29) is 42.3 Å². The summed E-state index contributed by atoms with van der Waals surface area (Å²) in [5.74, 6) is -0.312. The lowest BCUT2D eigenvalue weighted by molar-refractivity contribution is -0.123. The van der Waals surface area contributed by atoms with Gasteiger partial charge in [-0.15, -0.1) is 11.8 Å². The molecule has 2 aromatic rings. The van der Waals surface area contributed by atoms with Gasteiger partial charge < -0.3 is 15.0 Å². The maximum Gasteiger partial charge on any atom is 0.244 e. The molecule has 4 rings (SSSR count). The number of hydrogen-bond donors (Lipinski definition) is 1. The summed E-state index contributed by atoms with van der Waals surface area (Å²) in [6, 6.07) is 12.2. The molecule has 2 aromatic carbocycles. The zero-order chi connectivity index (χ0) is 23.6. The average molecular weight is 490 g/mol. The Kier molecular flexibility index (Phi) is 7.08. The molecule has 1 fully saturated rings. The molecule has 0 bridgehead atoms. The third kappa shape index (κ3) is 5.24. The number of nitrogens with one attached hydrogen (secondary N) is 1. The van der Waals surface area contributed by atoms with Crippen LogP contribution in [0.3, 0.4) is 0 Å². The van der Waals surface area contributed by atoms with Crippen LogP contribution < -0.4 is 10.2 Å². The first-order chi connectivity index (χ1) is 15.8. The third-order valence-corrected chi connectivity index (χ3v) is 8.83. The summed E-state index contributed by atoms with van der Waals surface area (Å²) in [5.41, 5.74) is 2.10. The SMILES string of the molecule is Cc1cccc(NC(=O)CN2C(=O)[C@H](C)CSc3ccc(S(=O)(=O)N4CCOCC4)cc32)c1. The number of morpholine rings is 1. The van der Waals surface area contributed by atoms with Crippen LogP contribution >= 0.6 is 11.8 Å². The summed E-state index contributed by atoms with van der Waals surface area (Å²) in [6.45, 7) is 4.81. The van der Waals surface area contributed by atoms with E-state index in [1.807, 2.05) is 32.0 Å². The predicted octanol–water partition coefficient (Wildman–Crippen LogP) is 2.73. The number of carbonyl (C=O) groups excluding carboxylic acids is 2. The summed E-state index contributed by atoms with van der Waals surface area (Å²) >= 11 is 1.49. The van der Waals surface area contributed by atoms with Crippen molar-refractivity contribution in [1.29, 1.82) is 0 Å². The molecule has 0 radical (unpaired) electrons. The van der Waals surface area contributed by atoms with Crippen LogP contribution in [0.25, 0.3) is 0 Å². The van der Waals surface area contributed by atoms with Gasteiger partial charge in [-0.1, -0.05) is 19.1 Å². The molecule has 0 unspecified atom stereocenters. The van der Waals surface area contributed by atoms with E-state index < -0.39 is 10.0 Å². The molecule has 2 amide bonds. The maximum atomic E-state index is 13.2. The van der Waals surface area contributed by atoms with Crippen molar-refractivity contribution in [3.63, 3.8) is 0 Å². The van der Waals surface area contributed by atoms with Crippen molar-refractivity contribution in [2.24, 2.45) is 5.92 Å². The van der Waals surface area contributed by atoms with Crippen LogP contribution in [0.15, 0.2) is 52.3 Å². The van der Waals surface area contributed by atoms with Crippen LogP contribution in [0.1, 0.15) is 12.5 Å². The van der Waals surface area contributed by atoms with Crippen molar-refractivity contribution in [3.05, 3.63) is 48.0 Å². The summed E-state index contributed by atoms with van der Waals surface area (Å²) < 4.78 is 33.0. The molecule has 176 valence electrons. The van der Waals surface area contributed by atoms with Crippen molar-refractivity contribution < 1.29 is 22.7 Å². The number of sulfonamides is 1. The molecule has 0 aliphatic carbocycles. The highest BCUT2D eigenvalue weighted by molar-refractivity contribution is 7.99. The van der Waals surface area contributed by atoms with Crippen LogP contribution in [0, 0.1) is 12.8 Å². The molecule has 2 heterocycles. The van der Waals surface area contributed by atoms with E-state index in [4.69, 9.17) is 4.74 Å². The van der Waals surface area contributed by atoms with Crippen LogP contribution in [0.5, 0.6) is 0 Å². The fourth-order valence-electron chi connectivity index (χ4n) is 3.83. The van der Waals surface area contributed by atoms with E-state index in [9.17, 15) is 18.0 Å². The fourth-order valence-corrected chi connectivity index (χ4v) is 6.31. The average Bonchev–Trinajstić information content (AvgIpc) is 2.91. The van der Waals surface area contributed by atoms with E-state index in [1.54, 1.807) is 18.2 Å². The molecule has 1 N–H and O–H groups in total. The van der Waals surface area contributed by atoms with E-state index in [2.05, 4.69) is 5.32 Å². The van der Waals surface area contributed by atoms with Gasteiger partial charge in [0.15, 0.2) is 0 Å². The largest absolute Gasteiger partial charge is 0.379 e. The zero-order valence-corrected chi connectivity index (χ0v) is 20.2. The first-order valence-corrected chi connectivity index (χ1v) is 13.2. The molecule has 1 saturated heterocycles. The molecule has 0 aromatic heterocycles. The topological polar surface area (TPSA) is 96.0 Å². The van der Waals surface area contributed by atoms with Gasteiger partial charge in [0.05, 0.1) is 23.8 Å². The van der Waals surface area contributed by atoms with Gasteiger partial charge in [0.25, 0.3) is 0 Å². The van der Waals surface area contributed by atoms with Crippen LogP contribution in [-0.2, 0) is 24.3 Å². The number of amides is 2. The Hall–Kier alpha value is -2.40. The van der Waals surface area contributed by atoms with Crippen molar-refractivity contribution in [1.82, 2.24) is 4.31 Å². The Balaban J connectivity index is 1.65. The van der Waals surface area contributed by atoms with Gasteiger partial charge in [0.1, 0.15) is 6.54 Å². The van der Waals surface area contributed by atoms with Gasteiger partial charge in [-0.3, -0.25) is 9.59 Å². The fraction of sp³-hybridized carbons (Fsp3) is 0.391. The second-order valence-electron chi connectivity index (χ2n) is 8.20. The Morgan fingerprint density at radius 3 is 2.67 bits per heavy atom. The second-order valence-corrected chi connectivity index (χ2v) is 11.2. The van der Waals surface area contributed by atoms with Crippen LogP contribution in [-0.4, -0.2) is 63.1 Å². The van der Waals surface area contributed by atoms with Gasteiger partial charge in [0.2, 0.25) is 21.8 Å². The van der Waals surface area contributed by atoms with Gasteiger partial charge in [0, 0.05) is 35.3 Å². The van der Waals surface area contributed by atoms with Crippen molar-refractivity contribution >= 4 is 45.0 Å². The highest BCUT2D eigenvalue weighted by Crippen LogP contribution is 2.38. The minimum atomic E-state index is -3.74. The van der Waals surface area contributed by atoms with Gasteiger partial charge in [-0.25, -0.2) is 8.42 Å². The lowest BCUT2D eigenvalue weighted by atomic mass is 10.1. The lowest BCUT2D eigenvalue weighted by Crippen LogP contribution is -2.42. The van der Waals surface area contributed by atoms with Crippen LogP contribution in [0.4, 0.5) is 11.4 Å². The molecule has 33 heavy (non-hydrogen) atoms. The molecular weight excluding hydrogens is 462 g/mol. The van der Waals surface area contributed by atoms with E-state index in [0.29, 0.717) is 30.3 Å². The first-order valence-electron chi connectivity index (χ1n) is 10.8. The highest BCUT2D eigenvalue weighted by atomic mass is 32.2. The Labute approximate surface area is 198 Å². The van der Waals surface area contributed by atoms with Crippen molar-refractivity contribution in [3.8, 4) is 0 Å². The van der Waals surface area contributed by atoms with Crippen molar-refractivity contribution in [2.75, 3.05) is 48.8 Å². The summed E-state index contributed by atoms with van der Waals surface area (Å²) in [6.07, 6.45) is 0. The Morgan fingerprint density at radius 1 is 1.18 bits per heavy atom. The van der Waals surface area contributed by atoms with Gasteiger partial charge in [-0.05, 0) is 42.8 Å². The molecule has 10 heteroatoms. The first kappa shape index (κ1) is 23.7. The number of carbonyl (C=O) groups is 2. The highest BCUT2D eigenvalue weighted by Gasteiger charge is 2.32. The van der Waals surface area contributed by atoms with Gasteiger partial charge in [-0.2, -0.15) is 4.31 Å². The number of hydrogen-bond acceptors (Lipinski definition) is 6. The number of nitrogens with zero attached hydrogens (tertiary/aromatic N) is 2. The number of fused-ring (bicyclic) bond motifs is 1. The third-order valence-electron chi connectivity index (χ3n) is 5.61. The number of rotatable bonds is 5. The molecule has 0 spiro atoms. The summed E-state index contributed by atoms with van der Waals surface area (Å²) in [7, 11) is -3.74. The Morgan fingerprint density at radius 2 is 1.94 bits per heavy atom. The molecular formula is C23H27N3O5S2. The molecule has 8 nitrogen and oxygen atoms in total. The summed E-state index contributed by atoms with van der Waals surface area (Å²) in [5, 5.41) is 2.83. The number of ether oxygens (including phenoxy) is 1. The van der Waals surface area contributed by atoms with E-state index >= 15 is 0 Å². The monoisotopic (exact) mass is 489 g/mol. The zero-order valence-electron chi connectivity index (χ0n) is 18.6. The van der Waals surface area contributed by atoms with Gasteiger partial charge >= 0.3 is 0 Å². The second kappa shape index (κ2) is 9.84. The molecule has 1 atom stereocenters. The normalized spacial score (nSPS) is 19.6. The van der Waals surface area contributed by atoms with Crippen LogP contribution in [0.2, 0.25) is 0 Å². The number of aryl methyl sites for hydroxylation is 1. The Bertz CT molecular complexity index is 1160. The molecule has 2 aliphatic heterocycles. The van der Waals surface area contributed by atoms with E-state index in [1.165, 1.54) is 27.0 Å².